The van der Waals surface area contributed by atoms with Gasteiger partial charge in [-0.1, -0.05) is 42.5 Å². The highest BCUT2D eigenvalue weighted by atomic mass is 19.4. The second-order valence-corrected chi connectivity index (χ2v) is 9.49. The van der Waals surface area contributed by atoms with Crippen molar-refractivity contribution in [2.24, 2.45) is 0 Å². The predicted octanol–water partition coefficient (Wildman–Crippen LogP) is 5.41. The average molecular weight is 511 g/mol. The Hall–Kier alpha value is -3.72. The van der Waals surface area contributed by atoms with Gasteiger partial charge in [0.1, 0.15) is 5.41 Å². The van der Waals surface area contributed by atoms with E-state index in [2.05, 4.69) is 10.1 Å². The van der Waals surface area contributed by atoms with Gasteiger partial charge in [-0.05, 0) is 63.2 Å². The molecule has 0 saturated carbocycles. The molecule has 2 aromatic heterocycles. The molecule has 4 rings (SSSR count). The Morgan fingerprint density at radius 2 is 1.73 bits per heavy atom. The molecule has 2 aromatic carbocycles. The number of alkyl halides is 3. The lowest BCUT2D eigenvalue weighted by atomic mass is 9.80. The van der Waals surface area contributed by atoms with Gasteiger partial charge in [0.05, 0.1) is 24.1 Å². The number of fused-ring (bicyclic) bond motifs is 1. The highest BCUT2D eigenvalue weighted by molar-refractivity contribution is 5.84. The van der Waals surface area contributed by atoms with Crippen molar-refractivity contribution in [1.29, 1.82) is 0 Å². The SMILES string of the molecule is CN(C)CCCOC(=O)C(C)(Cc1ccccc1)c1ccnc2c(-c3ccc(C(F)(F)F)cc3)cnn12. The summed E-state index contributed by atoms with van der Waals surface area (Å²) in [6, 6.07) is 16.2. The number of carbonyl (C=O) groups excluding carboxylic acids is 1. The van der Waals surface area contributed by atoms with Crippen LogP contribution in [-0.4, -0.2) is 52.7 Å². The molecule has 1 unspecified atom stereocenters. The molecule has 0 spiro atoms. The first kappa shape index (κ1) is 26.3. The number of aromatic nitrogens is 3. The largest absolute Gasteiger partial charge is 0.465 e. The first-order valence-electron chi connectivity index (χ1n) is 12.0. The maximum Gasteiger partial charge on any atom is 0.416 e. The van der Waals surface area contributed by atoms with Crippen LogP contribution in [0, 0.1) is 0 Å². The fourth-order valence-corrected chi connectivity index (χ4v) is 4.33. The third-order valence-electron chi connectivity index (χ3n) is 6.32. The lowest BCUT2D eigenvalue weighted by molar-refractivity contribution is -0.150. The normalized spacial score (nSPS) is 13.6. The van der Waals surface area contributed by atoms with Crippen LogP contribution in [0.1, 0.15) is 30.2 Å². The Labute approximate surface area is 213 Å². The number of ether oxygens (including phenoxy) is 1. The lowest BCUT2D eigenvalue weighted by Crippen LogP contribution is -2.39. The summed E-state index contributed by atoms with van der Waals surface area (Å²) in [5.41, 5.74) is 1.27. The van der Waals surface area contributed by atoms with E-state index >= 15 is 0 Å². The van der Waals surface area contributed by atoms with Crippen LogP contribution in [0.15, 0.2) is 73.1 Å². The summed E-state index contributed by atoms with van der Waals surface area (Å²) in [5, 5.41) is 4.49. The van der Waals surface area contributed by atoms with Gasteiger partial charge in [0.25, 0.3) is 0 Å². The zero-order valence-corrected chi connectivity index (χ0v) is 21.0. The number of hydrogen-bond donors (Lipinski definition) is 0. The maximum absolute atomic E-state index is 13.6. The molecule has 0 N–H and O–H groups in total. The fourth-order valence-electron chi connectivity index (χ4n) is 4.33. The molecule has 0 aliphatic rings. The van der Waals surface area contributed by atoms with Gasteiger partial charge < -0.3 is 9.64 Å². The molecule has 0 aliphatic heterocycles. The van der Waals surface area contributed by atoms with Crippen LogP contribution in [0.4, 0.5) is 13.2 Å². The second-order valence-electron chi connectivity index (χ2n) is 9.49. The van der Waals surface area contributed by atoms with E-state index in [9.17, 15) is 18.0 Å². The minimum Gasteiger partial charge on any atom is -0.465 e. The highest BCUT2D eigenvalue weighted by Crippen LogP contribution is 2.34. The first-order valence-corrected chi connectivity index (χ1v) is 12.0. The number of nitrogens with zero attached hydrogens (tertiary/aromatic N) is 4. The number of halogens is 3. The summed E-state index contributed by atoms with van der Waals surface area (Å²) in [4.78, 5) is 20.0. The summed E-state index contributed by atoms with van der Waals surface area (Å²) < 4.78 is 46.4. The van der Waals surface area contributed by atoms with Crippen LogP contribution in [0.3, 0.4) is 0 Å². The molecule has 0 saturated heterocycles. The van der Waals surface area contributed by atoms with Gasteiger partial charge in [-0.15, -0.1) is 0 Å². The molecule has 37 heavy (non-hydrogen) atoms. The molecule has 0 bridgehead atoms. The molecule has 2 heterocycles. The summed E-state index contributed by atoms with van der Waals surface area (Å²) in [6.45, 7) is 2.89. The molecule has 0 aliphatic carbocycles. The van der Waals surface area contributed by atoms with Crippen LogP contribution in [0.2, 0.25) is 0 Å². The number of rotatable bonds is 9. The van der Waals surface area contributed by atoms with Crippen molar-refractivity contribution < 1.29 is 22.7 Å². The Balaban J connectivity index is 1.73. The number of carbonyl (C=O) groups is 1. The molecule has 1 atom stereocenters. The lowest BCUT2D eigenvalue weighted by Gasteiger charge is -2.28. The van der Waals surface area contributed by atoms with Gasteiger partial charge in [0.2, 0.25) is 0 Å². The van der Waals surface area contributed by atoms with E-state index in [0.29, 0.717) is 35.3 Å². The fraction of sp³-hybridized carbons (Fsp3) is 0.321. The van der Waals surface area contributed by atoms with Crippen molar-refractivity contribution in [2.75, 3.05) is 27.2 Å². The van der Waals surface area contributed by atoms with E-state index in [0.717, 1.165) is 24.2 Å². The molecule has 0 radical (unpaired) electrons. The van der Waals surface area contributed by atoms with Gasteiger partial charge in [-0.25, -0.2) is 9.50 Å². The predicted molar refractivity (Wildman–Crippen MR) is 135 cm³/mol. The third-order valence-corrected chi connectivity index (χ3v) is 6.32. The first-order chi connectivity index (χ1) is 17.6. The molecule has 194 valence electrons. The van der Waals surface area contributed by atoms with Crippen LogP contribution in [-0.2, 0) is 27.5 Å². The van der Waals surface area contributed by atoms with E-state index in [1.807, 2.05) is 56.3 Å². The van der Waals surface area contributed by atoms with E-state index in [-0.39, 0.29) is 12.6 Å². The minimum absolute atomic E-state index is 0.283. The monoisotopic (exact) mass is 510 g/mol. The number of esters is 1. The van der Waals surface area contributed by atoms with Gasteiger partial charge in [-0.2, -0.15) is 18.3 Å². The van der Waals surface area contributed by atoms with Gasteiger partial charge >= 0.3 is 12.1 Å². The molecule has 9 heteroatoms. The van der Waals surface area contributed by atoms with Gasteiger partial charge in [-0.3, -0.25) is 4.79 Å². The minimum atomic E-state index is -4.42. The molecule has 0 amide bonds. The second kappa shape index (κ2) is 10.7. The summed E-state index contributed by atoms with van der Waals surface area (Å²) >= 11 is 0. The molecule has 0 fully saturated rings. The average Bonchev–Trinajstić information content (AvgIpc) is 3.30. The Morgan fingerprint density at radius 1 is 1.03 bits per heavy atom. The Kier molecular flexibility index (Phi) is 7.63. The van der Waals surface area contributed by atoms with Crippen molar-refractivity contribution >= 4 is 11.6 Å². The van der Waals surface area contributed by atoms with Gasteiger partial charge in [0.15, 0.2) is 5.65 Å². The summed E-state index contributed by atoms with van der Waals surface area (Å²) in [7, 11) is 3.92. The Bertz CT molecular complexity index is 1350. The van der Waals surface area contributed by atoms with Crippen molar-refractivity contribution in [3.8, 4) is 11.1 Å². The Morgan fingerprint density at radius 3 is 2.38 bits per heavy atom. The van der Waals surface area contributed by atoms with Crippen LogP contribution < -0.4 is 0 Å². The quantitative estimate of drug-likeness (QED) is 0.223. The molecular formula is C28H29F3N4O2. The smallest absolute Gasteiger partial charge is 0.416 e. The van der Waals surface area contributed by atoms with E-state index in [1.54, 1.807) is 23.0 Å². The zero-order valence-electron chi connectivity index (χ0n) is 21.0. The van der Waals surface area contributed by atoms with Crippen molar-refractivity contribution in [3.63, 3.8) is 0 Å². The summed E-state index contributed by atoms with van der Waals surface area (Å²) in [5.74, 6) is -0.380. The maximum atomic E-state index is 13.6. The van der Waals surface area contributed by atoms with Crippen molar-refractivity contribution in [1.82, 2.24) is 19.5 Å². The van der Waals surface area contributed by atoms with Crippen molar-refractivity contribution in [3.05, 3.63) is 89.9 Å². The van der Waals surface area contributed by atoms with Crippen LogP contribution >= 0.6 is 0 Å². The summed E-state index contributed by atoms with van der Waals surface area (Å²) in [6.07, 6.45) is -0.208. The number of hydrogen-bond acceptors (Lipinski definition) is 5. The zero-order chi connectivity index (χ0) is 26.6. The van der Waals surface area contributed by atoms with E-state index in [1.165, 1.54) is 12.1 Å². The topological polar surface area (TPSA) is 59.7 Å². The van der Waals surface area contributed by atoms with Crippen LogP contribution in [0.5, 0.6) is 0 Å². The standard InChI is InChI=1S/C28H29F3N4O2/c1-27(18-20-8-5-4-6-9-20,26(36)37-17-7-16-34(2)3)24-14-15-32-25-23(19-33-35(24)25)21-10-12-22(13-11-21)28(29,30)31/h4-6,8-15,19H,7,16-18H2,1-3H3. The highest BCUT2D eigenvalue weighted by Gasteiger charge is 2.40. The van der Waals surface area contributed by atoms with Crippen LogP contribution in [0.25, 0.3) is 16.8 Å². The number of benzene rings is 2. The van der Waals surface area contributed by atoms with E-state index in [4.69, 9.17) is 4.74 Å². The molecule has 6 nitrogen and oxygen atoms in total. The van der Waals surface area contributed by atoms with Crippen molar-refractivity contribution in [2.45, 2.75) is 31.4 Å². The molecular weight excluding hydrogens is 481 g/mol. The van der Waals surface area contributed by atoms with Gasteiger partial charge in [0, 0.05) is 18.3 Å². The third kappa shape index (κ3) is 5.83. The van der Waals surface area contributed by atoms with E-state index < -0.39 is 17.2 Å². The molecule has 4 aromatic rings.